The van der Waals surface area contributed by atoms with Crippen molar-refractivity contribution in [1.29, 1.82) is 0 Å². The van der Waals surface area contributed by atoms with E-state index < -0.39 is 0 Å². The van der Waals surface area contributed by atoms with Crippen LogP contribution in [0.2, 0.25) is 0 Å². The van der Waals surface area contributed by atoms with Crippen LogP contribution in [0.4, 0.5) is 5.82 Å². The number of carbonyl (C=O) groups is 1. The Balaban J connectivity index is 1.45. The molecule has 1 amide bonds. The zero-order valence-electron chi connectivity index (χ0n) is 14.8. The average molecular weight is 339 g/mol. The molecule has 0 saturated carbocycles. The first-order valence-electron chi connectivity index (χ1n) is 9.22. The van der Waals surface area contributed by atoms with Crippen LogP contribution in [0.5, 0.6) is 0 Å². The molecule has 6 heteroatoms. The highest BCUT2D eigenvalue weighted by molar-refractivity contribution is 5.94. The lowest BCUT2D eigenvalue weighted by Gasteiger charge is -2.34. The topological polar surface area (TPSA) is 54.3 Å². The Morgan fingerprint density at radius 1 is 1.12 bits per heavy atom. The van der Waals surface area contributed by atoms with E-state index in [4.69, 9.17) is 0 Å². The number of imidazole rings is 1. The van der Waals surface area contributed by atoms with Gasteiger partial charge in [-0.2, -0.15) is 0 Å². The van der Waals surface area contributed by atoms with E-state index in [-0.39, 0.29) is 5.91 Å². The van der Waals surface area contributed by atoms with Crippen molar-refractivity contribution in [3.8, 4) is 0 Å². The molecule has 1 atom stereocenters. The van der Waals surface area contributed by atoms with Crippen molar-refractivity contribution in [2.45, 2.75) is 38.6 Å². The summed E-state index contributed by atoms with van der Waals surface area (Å²) in [7, 11) is 0. The first kappa shape index (κ1) is 16.1. The number of pyridine rings is 1. The summed E-state index contributed by atoms with van der Waals surface area (Å²) in [5.74, 6) is 2.08. The molecule has 0 spiro atoms. The molecule has 2 aromatic rings. The quantitative estimate of drug-likeness (QED) is 0.863. The molecule has 6 nitrogen and oxygen atoms in total. The zero-order valence-corrected chi connectivity index (χ0v) is 14.8. The third-order valence-electron chi connectivity index (χ3n) is 5.36. The predicted octanol–water partition coefficient (Wildman–Crippen LogP) is 2.66. The highest BCUT2D eigenvalue weighted by Gasteiger charge is 2.26. The predicted molar refractivity (Wildman–Crippen MR) is 96.8 cm³/mol. The minimum absolute atomic E-state index is 0.0861. The molecule has 4 heterocycles. The van der Waals surface area contributed by atoms with Crippen LogP contribution in [-0.4, -0.2) is 51.5 Å². The van der Waals surface area contributed by atoms with Crippen LogP contribution in [0.15, 0.2) is 30.7 Å². The molecule has 0 radical (unpaired) electrons. The van der Waals surface area contributed by atoms with Gasteiger partial charge in [0.25, 0.3) is 5.91 Å². The van der Waals surface area contributed by atoms with Gasteiger partial charge in [-0.25, -0.2) is 9.97 Å². The van der Waals surface area contributed by atoms with Gasteiger partial charge in [0.2, 0.25) is 0 Å². The summed E-state index contributed by atoms with van der Waals surface area (Å²) in [6.45, 7) is 5.71. The van der Waals surface area contributed by atoms with Crippen LogP contribution in [-0.2, 0) is 0 Å². The standard InChI is InChI=1S/C19H25N5O/c1-15-20-8-12-24(15)17-5-4-11-23(14-17)19(25)16-6-7-18(21-13-16)22-9-2-3-10-22/h6-8,12-13,17H,2-5,9-11,14H2,1H3/t17-/m1/s1. The van der Waals surface area contributed by atoms with Crippen molar-refractivity contribution in [3.63, 3.8) is 0 Å². The lowest BCUT2D eigenvalue weighted by atomic mass is 10.0. The second-order valence-electron chi connectivity index (χ2n) is 7.03. The first-order valence-corrected chi connectivity index (χ1v) is 9.22. The number of carbonyl (C=O) groups excluding carboxylic acids is 1. The van der Waals surface area contributed by atoms with Gasteiger partial charge in [0.15, 0.2) is 0 Å². The Bertz CT molecular complexity index is 733. The largest absolute Gasteiger partial charge is 0.357 e. The smallest absolute Gasteiger partial charge is 0.255 e. The van der Waals surface area contributed by atoms with Gasteiger partial charge in [0.1, 0.15) is 11.6 Å². The minimum atomic E-state index is 0.0861. The second-order valence-corrected chi connectivity index (χ2v) is 7.03. The number of nitrogens with zero attached hydrogens (tertiary/aromatic N) is 5. The number of piperidine rings is 1. The second kappa shape index (κ2) is 6.86. The SMILES string of the molecule is Cc1nccn1[C@@H]1CCCN(C(=O)c2ccc(N3CCCC3)nc2)C1. The van der Waals surface area contributed by atoms with Crippen LogP contribution < -0.4 is 4.90 Å². The number of amides is 1. The van der Waals surface area contributed by atoms with Gasteiger partial charge in [0.05, 0.1) is 11.6 Å². The van der Waals surface area contributed by atoms with Crippen LogP contribution in [0.25, 0.3) is 0 Å². The van der Waals surface area contributed by atoms with Crippen LogP contribution in [0.1, 0.15) is 47.9 Å². The van der Waals surface area contributed by atoms with E-state index in [2.05, 4.69) is 19.4 Å². The van der Waals surface area contributed by atoms with Gasteiger partial charge in [0, 0.05) is 44.8 Å². The van der Waals surface area contributed by atoms with E-state index >= 15 is 0 Å². The maximum absolute atomic E-state index is 12.9. The number of aryl methyl sites for hydroxylation is 1. The molecule has 2 aliphatic rings. The minimum Gasteiger partial charge on any atom is -0.357 e. The fourth-order valence-corrected chi connectivity index (χ4v) is 3.97. The van der Waals surface area contributed by atoms with Crippen molar-refractivity contribution in [2.24, 2.45) is 0 Å². The van der Waals surface area contributed by atoms with Gasteiger partial charge >= 0.3 is 0 Å². The number of hydrogen-bond acceptors (Lipinski definition) is 4. The zero-order chi connectivity index (χ0) is 17.2. The third kappa shape index (κ3) is 3.25. The fraction of sp³-hybridized carbons (Fsp3) is 0.526. The van der Waals surface area contributed by atoms with Gasteiger partial charge in [-0.15, -0.1) is 0 Å². The summed E-state index contributed by atoms with van der Waals surface area (Å²) in [5.41, 5.74) is 0.686. The van der Waals surface area contributed by atoms with Crippen molar-refractivity contribution in [3.05, 3.63) is 42.1 Å². The number of anilines is 1. The van der Waals surface area contributed by atoms with Crippen LogP contribution in [0, 0.1) is 6.92 Å². The Hall–Kier alpha value is -2.37. The molecule has 0 bridgehead atoms. The Kier molecular flexibility index (Phi) is 4.42. The van der Waals surface area contributed by atoms with Crippen molar-refractivity contribution in [2.75, 3.05) is 31.1 Å². The monoisotopic (exact) mass is 339 g/mol. The molecule has 4 rings (SSSR count). The van der Waals surface area contributed by atoms with E-state index in [0.29, 0.717) is 11.6 Å². The van der Waals surface area contributed by atoms with Crippen LogP contribution in [0.3, 0.4) is 0 Å². The maximum atomic E-state index is 12.9. The molecule has 2 aliphatic heterocycles. The highest BCUT2D eigenvalue weighted by Crippen LogP contribution is 2.24. The van der Waals surface area contributed by atoms with Crippen molar-refractivity contribution < 1.29 is 4.79 Å². The fourth-order valence-electron chi connectivity index (χ4n) is 3.97. The number of rotatable bonds is 3. The van der Waals surface area contributed by atoms with E-state index in [1.54, 1.807) is 6.20 Å². The summed E-state index contributed by atoms with van der Waals surface area (Å²) >= 11 is 0. The molecule has 25 heavy (non-hydrogen) atoms. The molecule has 0 aliphatic carbocycles. The molecule has 0 unspecified atom stereocenters. The van der Waals surface area contributed by atoms with Gasteiger partial charge in [-0.1, -0.05) is 0 Å². The van der Waals surface area contributed by atoms with E-state index in [9.17, 15) is 4.79 Å². The summed E-state index contributed by atoms with van der Waals surface area (Å²) in [4.78, 5) is 26.0. The summed E-state index contributed by atoms with van der Waals surface area (Å²) in [6.07, 6.45) is 10.1. The Morgan fingerprint density at radius 2 is 1.96 bits per heavy atom. The molecule has 0 aromatic carbocycles. The summed E-state index contributed by atoms with van der Waals surface area (Å²) < 4.78 is 2.19. The molecule has 2 fully saturated rings. The molecule has 0 N–H and O–H groups in total. The van der Waals surface area contributed by atoms with E-state index in [0.717, 1.165) is 50.7 Å². The average Bonchev–Trinajstić information content (AvgIpc) is 3.33. The lowest BCUT2D eigenvalue weighted by Crippen LogP contribution is -2.40. The van der Waals surface area contributed by atoms with Gasteiger partial charge < -0.3 is 14.4 Å². The normalized spacial score (nSPS) is 20.9. The number of aromatic nitrogens is 3. The van der Waals surface area contributed by atoms with Crippen molar-refractivity contribution >= 4 is 11.7 Å². The Labute approximate surface area is 148 Å². The van der Waals surface area contributed by atoms with E-state index in [1.165, 1.54) is 12.8 Å². The number of hydrogen-bond donors (Lipinski definition) is 0. The molecular weight excluding hydrogens is 314 g/mol. The summed E-state index contributed by atoms with van der Waals surface area (Å²) in [6, 6.07) is 4.23. The van der Waals surface area contributed by atoms with Gasteiger partial charge in [-0.3, -0.25) is 4.79 Å². The third-order valence-corrected chi connectivity index (χ3v) is 5.36. The molecular formula is C19H25N5O. The van der Waals surface area contributed by atoms with Crippen molar-refractivity contribution in [1.82, 2.24) is 19.4 Å². The molecule has 2 saturated heterocycles. The first-order chi connectivity index (χ1) is 12.2. The maximum Gasteiger partial charge on any atom is 0.255 e. The Morgan fingerprint density at radius 3 is 2.64 bits per heavy atom. The molecule has 132 valence electrons. The number of likely N-dealkylation sites (tertiary alicyclic amines) is 1. The highest BCUT2D eigenvalue weighted by atomic mass is 16.2. The van der Waals surface area contributed by atoms with Crippen LogP contribution >= 0.6 is 0 Å². The van der Waals surface area contributed by atoms with E-state index in [1.807, 2.05) is 36.4 Å². The molecule has 2 aromatic heterocycles. The summed E-state index contributed by atoms with van der Waals surface area (Å²) in [5, 5.41) is 0. The van der Waals surface area contributed by atoms with Gasteiger partial charge in [-0.05, 0) is 44.7 Å². The lowest BCUT2D eigenvalue weighted by molar-refractivity contribution is 0.0678.